The predicted octanol–water partition coefficient (Wildman–Crippen LogP) is 3.79. The van der Waals surface area contributed by atoms with E-state index in [0.717, 1.165) is 31.2 Å². The second-order valence-electron chi connectivity index (χ2n) is 12.9. The Kier molecular flexibility index (Phi) is 8.61. The number of nitrogens with one attached hydrogen (secondary N) is 1. The molecule has 2 aliphatic rings. The zero-order chi connectivity index (χ0) is 32.4. The Hall–Kier alpha value is -5.01. The van der Waals surface area contributed by atoms with E-state index in [9.17, 15) is 14.7 Å². The van der Waals surface area contributed by atoms with Crippen LogP contribution in [0, 0.1) is 5.92 Å². The number of aromatic hydroxyl groups is 1. The molecule has 2 aliphatic heterocycles. The van der Waals surface area contributed by atoms with E-state index < -0.39 is 5.60 Å². The minimum Gasteiger partial charge on any atom is -0.507 e. The predicted molar refractivity (Wildman–Crippen MR) is 172 cm³/mol. The molecule has 0 atom stereocenters. The Morgan fingerprint density at radius 1 is 1.02 bits per heavy atom. The number of nitrogen functional groups attached to an aromatic ring is 1. The topological polar surface area (TPSA) is 178 Å². The lowest BCUT2D eigenvalue weighted by molar-refractivity contribution is 0.0183. The minimum atomic E-state index is -0.517. The number of phenolic OH excluding ortho intramolecular Hbond substituents is 1. The summed E-state index contributed by atoms with van der Waals surface area (Å²) in [4.78, 5) is 37.9. The number of benzene rings is 1. The first kappa shape index (κ1) is 31.0. The summed E-state index contributed by atoms with van der Waals surface area (Å²) in [5.41, 5.74) is 8.52. The van der Waals surface area contributed by atoms with Gasteiger partial charge >= 0.3 is 6.09 Å². The molecule has 14 heteroatoms. The van der Waals surface area contributed by atoms with Gasteiger partial charge in [-0.3, -0.25) is 9.48 Å². The summed E-state index contributed by atoms with van der Waals surface area (Å²) in [5, 5.41) is 26.5. The molecule has 242 valence electrons. The van der Waals surface area contributed by atoms with E-state index in [-0.39, 0.29) is 29.7 Å². The van der Waals surface area contributed by atoms with E-state index in [1.807, 2.05) is 37.6 Å². The Morgan fingerprint density at radius 2 is 1.72 bits per heavy atom. The van der Waals surface area contributed by atoms with Crippen molar-refractivity contribution in [3.8, 4) is 17.0 Å². The third-order valence-electron chi connectivity index (χ3n) is 8.47. The van der Waals surface area contributed by atoms with Gasteiger partial charge in [-0.05, 0) is 70.6 Å². The monoisotopic (exact) mass is 628 g/mol. The molecule has 46 heavy (non-hydrogen) atoms. The van der Waals surface area contributed by atoms with Gasteiger partial charge in [-0.1, -0.05) is 12.1 Å². The van der Waals surface area contributed by atoms with Gasteiger partial charge in [-0.25, -0.2) is 14.8 Å². The van der Waals surface area contributed by atoms with Crippen LogP contribution in [0.5, 0.6) is 5.75 Å². The zero-order valence-electron chi connectivity index (χ0n) is 26.4. The van der Waals surface area contributed by atoms with Crippen molar-refractivity contribution in [1.82, 2.24) is 40.2 Å². The Bertz CT molecular complexity index is 1700. The maximum absolute atomic E-state index is 12.8. The summed E-state index contributed by atoms with van der Waals surface area (Å²) < 4.78 is 7.38. The van der Waals surface area contributed by atoms with Gasteiger partial charge in [0.15, 0.2) is 11.3 Å². The molecule has 2 fully saturated rings. The van der Waals surface area contributed by atoms with Gasteiger partial charge in [-0.2, -0.15) is 5.10 Å². The minimum absolute atomic E-state index is 0.0820. The van der Waals surface area contributed by atoms with Crippen LogP contribution in [0.4, 0.5) is 16.6 Å². The largest absolute Gasteiger partial charge is 0.507 e. The van der Waals surface area contributed by atoms with Gasteiger partial charge in [0.25, 0.3) is 5.91 Å². The van der Waals surface area contributed by atoms with E-state index >= 15 is 0 Å². The first-order valence-corrected chi connectivity index (χ1v) is 15.7. The van der Waals surface area contributed by atoms with Crippen LogP contribution in [0.1, 0.15) is 62.9 Å². The van der Waals surface area contributed by atoms with E-state index in [1.165, 1.54) is 0 Å². The molecule has 2 amide bonds. The number of piperidine rings is 2. The molecule has 4 N–H and O–H groups in total. The summed E-state index contributed by atoms with van der Waals surface area (Å²) in [6.45, 7) is 8.73. The summed E-state index contributed by atoms with van der Waals surface area (Å²) in [6, 6.07) is 8.96. The van der Waals surface area contributed by atoms with Crippen molar-refractivity contribution in [2.75, 3.05) is 43.4 Å². The SMILES string of the molecule is CC(C)(C)OC(=O)N1CCC(CNC(=O)c2cnc(N3CCC(n4nc(N)c5nnc(-c6ccccc6O)cc54)CC3)nc2)CC1. The Morgan fingerprint density at radius 3 is 2.39 bits per heavy atom. The number of rotatable bonds is 6. The number of nitrogens with two attached hydrogens (primary N) is 1. The molecule has 4 aromatic rings. The van der Waals surface area contributed by atoms with Crippen molar-refractivity contribution in [2.24, 2.45) is 5.92 Å². The first-order chi connectivity index (χ1) is 22.1. The van der Waals surface area contributed by atoms with Crippen molar-refractivity contribution >= 4 is 34.8 Å². The quantitative estimate of drug-likeness (QED) is 0.283. The third kappa shape index (κ3) is 6.80. The molecule has 0 radical (unpaired) electrons. The second kappa shape index (κ2) is 12.8. The molecule has 1 aromatic carbocycles. The normalized spacial score (nSPS) is 16.5. The number of ether oxygens (including phenoxy) is 1. The van der Waals surface area contributed by atoms with Gasteiger partial charge in [-0.15, -0.1) is 10.2 Å². The number of hydrogen-bond acceptors (Lipinski definition) is 11. The zero-order valence-corrected chi connectivity index (χ0v) is 26.4. The van der Waals surface area contributed by atoms with E-state index in [4.69, 9.17) is 10.5 Å². The highest BCUT2D eigenvalue weighted by molar-refractivity contribution is 5.93. The number of amides is 2. The van der Waals surface area contributed by atoms with Crippen LogP contribution in [-0.4, -0.2) is 90.3 Å². The number of hydrogen-bond donors (Lipinski definition) is 3. The maximum atomic E-state index is 12.8. The van der Waals surface area contributed by atoms with Crippen molar-refractivity contribution in [1.29, 1.82) is 0 Å². The number of anilines is 2. The summed E-state index contributed by atoms with van der Waals surface area (Å²) in [7, 11) is 0. The molecule has 0 bridgehead atoms. The second-order valence-corrected chi connectivity index (χ2v) is 12.9. The molecule has 0 aliphatic carbocycles. The number of fused-ring (bicyclic) bond motifs is 1. The smallest absolute Gasteiger partial charge is 0.410 e. The molecule has 0 saturated carbocycles. The number of likely N-dealkylation sites (tertiary alicyclic amines) is 1. The third-order valence-corrected chi connectivity index (χ3v) is 8.47. The standard InChI is InChI=1S/C32H40N10O4/c1-32(2,3)46-31(45)41-12-8-20(9-13-41)17-34-29(44)21-18-35-30(36-19-21)40-14-10-22(11-15-40)42-25-16-24(23-6-4-5-7-26(23)43)37-38-27(25)28(33)39-42/h4-7,16,18-20,22,43H,8-15,17H2,1-3H3,(H2,33,39)(H,34,44). The highest BCUT2D eigenvalue weighted by atomic mass is 16.6. The Balaban J connectivity index is 1.01. The average molecular weight is 629 g/mol. The van der Waals surface area contributed by atoms with Crippen LogP contribution >= 0.6 is 0 Å². The van der Waals surface area contributed by atoms with Crippen molar-refractivity contribution in [3.63, 3.8) is 0 Å². The first-order valence-electron chi connectivity index (χ1n) is 15.7. The van der Waals surface area contributed by atoms with Gasteiger partial charge in [0.1, 0.15) is 11.4 Å². The summed E-state index contributed by atoms with van der Waals surface area (Å²) >= 11 is 0. The summed E-state index contributed by atoms with van der Waals surface area (Å²) in [5.74, 6) is 1.09. The summed E-state index contributed by atoms with van der Waals surface area (Å²) in [6.07, 6.45) is 6.01. The Labute approximate surface area is 267 Å². The molecule has 3 aromatic heterocycles. The van der Waals surface area contributed by atoms with Crippen molar-refractivity contribution in [2.45, 2.75) is 58.1 Å². The molecular formula is C32H40N10O4. The van der Waals surface area contributed by atoms with E-state index in [1.54, 1.807) is 35.5 Å². The van der Waals surface area contributed by atoms with Crippen LogP contribution in [0.25, 0.3) is 22.3 Å². The number of para-hydroxylation sites is 1. The van der Waals surface area contributed by atoms with Crippen LogP contribution in [-0.2, 0) is 4.74 Å². The molecule has 6 rings (SSSR count). The molecule has 14 nitrogen and oxygen atoms in total. The fraction of sp³-hybridized carbons (Fsp3) is 0.469. The van der Waals surface area contributed by atoms with Crippen LogP contribution in [0.3, 0.4) is 0 Å². The van der Waals surface area contributed by atoms with Crippen molar-refractivity contribution in [3.05, 3.63) is 48.3 Å². The highest BCUT2D eigenvalue weighted by Gasteiger charge is 2.28. The molecule has 0 unspecified atom stereocenters. The van der Waals surface area contributed by atoms with Gasteiger partial charge in [0.2, 0.25) is 5.95 Å². The number of aromatic nitrogens is 6. The fourth-order valence-electron chi connectivity index (χ4n) is 5.95. The number of carbonyl (C=O) groups excluding carboxylic acids is 2. The number of carbonyl (C=O) groups is 2. The lowest BCUT2D eigenvalue weighted by Gasteiger charge is -2.33. The van der Waals surface area contributed by atoms with Gasteiger partial charge in [0.05, 0.1) is 22.8 Å². The average Bonchev–Trinajstić information content (AvgIpc) is 3.39. The van der Waals surface area contributed by atoms with Crippen molar-refractivity contribution < 1.29 is 19.4 Å². The lowest BCUT2D eigenvalue weighted by Crippen LogP contribution is -2.43. The van der Waals surface area contributed by atoms with Crippen LogP contribution in [0.15, 0.2) is 42.7 Å². The molecular weight excluding hydrogens is 588 g/mol. The van der Waals surface area contributed by atoms with Gasteiger partial charge in [0, 0.05) is 50.7 Å². The van der Waals surface area contributed by atoms with E-state index in [2.05, 4.69) is 35.5 Å². The van der Waals surface area contributed by atoms with E-state index in [0.29, 0.717) is 66.8 Å². The molecule has 5 heterocycles. The van der Waals surface area contributed by atoms with Crippen LogP contribution < -0.4 is 16.0 Å². The fourth-order valence-corrected chi connectivity index (χ4v) is 5.95. The van der Waals surface area contributed by atoms with Crippen LogP contribution in [0.2, 0.25) is 0 Å². The molecule has 2 saturated heterocycles. The number of nitrogens with zero attached hydrogens (tertiary/aromatic N) is 8. The number of phenols is 1. The highest BCUT2D eigenvalue weighted by Crippen LogP contribution is 2.33. The van der Waals surface area contributed by atoms with Gasteiger partial charge < -0.3 is 30.7 Å². The molecule has 0 spiro atoms. The maximum Gasteiger partial charge on any atom is 0.410 e. The lowest BCUT2D eigenvalue weighted by atomic mass is 9.97.